The zero-order valence-electron chi connectivity index (χ0n) is 15.1. The van der Waals surface area contributed by atoms with Crippen molar-refractivity contribution in [2.75, 3.05) is 0 Å². The van der Waals surface area contributed by atoms with Crippen molar-refractivity contribution in [2.24, 2.45) is 0 Å². The molecule has 2 rings (SSSR count). The number of benzene rings is 1. The average Bonchev–Trinajstić information content (AvgIpc) is 3.00. The van der Waals surface area contributed by atoms with Crippen molar-refractivity contribution in [3.63, 3.8) is 0 Å². The minimum atomic E-state index is 0.437. The van der Waals surface area contributed by atoms with Crippen LogP contribution in [0.15, 0.2) is 53.8 Å². The van der Waals surface area contributed by atoms with Crippen molar-refractivity contribution in [1.82, 2.24) is 15.0 Å². The van der Waals surface area contributed by atoms with Gasteiger partial charge in [-0.25, -0.2) is 4.68 Å². The Bertz CT molecular complexity index is 692. The average molecular weight is 325 g/mol. The summed E-state index contributed by atoms with van der Waals surface area (Å²) in [5.74, 6) is 0.852. The smallest absolute Gasteiger partial charge is 0.134 e. The number of aryl methyl sites for hydroxylation is 1. The van der Waals surface area contributed by atoms with Crippen molar-refractivity contribution >= 4 is 0 Å². The largest absolute Gasteiger partial charge is 0.487 e. The van der Waals surface area contributed by atoms with Crippen LogP contribution in [0, 0.1) is 6.92 Å². The number of hydrogen-bond donors (Lipinski definition) is 0. The molecule has 0 amide bonds. The Morgan fingerprint density at radius 1 is 1.12 bits per heavy atom. The summed E-state index contributed by atoms with van der Waals surface area (Å²) in [6.45, 7) is 9.68. The number of nitrogens with zero attached hydrogens (tertiary/aromatic N) is 3. The van der Waals surface area contributed by atoms with E-state index in [9.17, 15) is 0 Å². The van der Waals surface area contributed by atoms with Gasteiger partial charge in [0.25, 0.3) is 0 Å². The molecule has 0 aliphatic heterocycles. The first kappa shape index (κ1) is 18.0. The van der Waals surface area contributed by atoms with Crippen molar-refractivity contribution in [3.8, 4) is 5.75 Å². The van der Waals surface area contributed by atoms with Gasteiger partial charge >= 0.3 is 0 Å². The van der Waals surface area contributed by atoms with Crippen LogP contribution in [0.2, 0.25) is 0 Å². The van der Waals surface area contributed by atoms with Crippen LogP contribution >= 0.6 is 0 Å². The molecule has 0 radical (unpaired) electrons. The van der Waals surface area contributed by atoms with Gasteiger partial charge in [0.15, 0.2) is 0 Å². The summed E-state index contributed by atoms with van der Waals surface area (Å²) >= 11 is 0. The predicted octanol–water partition coefficient (Wildman–Crippen LogP) is 4.86. The lowest BCUT2D eigenvalue weighted by molar-refractivity contribution is 0.301. The molecule has 0 unspecified atom stereocenters. The van der Waals surface area contributed by atoms with Gasteiger partial charge in [0.05, 0.1) is 12.7 Å². The van der Waals surface area contributed by atoms with E-state index in [-0.39, 0.29) is 0 Å². The summed E-state index contributed by atoms with van der Waals surface area (Å²) in [5, 5.41) is 8.31. The normalized spacial score (nSPS) is 11.4. The van der Waals surface area contributed by atoms with Crippen LogP contribution in [0.4, 0.5) is 0 Å². The molecule has 128 valence electrons. The van der Waals surface area contributed by atoms with Crippen LogP contribution in [-0.4, -0.2) is 15.0 Å². The summed E-state index contributed by atoms with van der Waals surface area (Å²) < 4.78 is 7.57. The number of rotatable bonds is 8. The van der Waals surface area contributed by atoms with Gasteiger partial charge in [0, 0.05) is 0 Å². The highest BCUT2D eigenvalue weighted by Gasteiger charge is 2.01. The van der Waals surface area contributed by atoms with E-state index in [1.807, 2.05) is 35.1 Å². The Kier molecular flexibility index (Phi) is 6.79. The molecule has 24 heavy (non-hydrogen) atoms. The molecule has 4 heteroatoms. The van der Waals surface area contributed by atoms with E-state index in [4.69, 9.17) is 4.74 Å². The van der Waals surface area contributed by atoms with Crippen LogP contribution in [-0.2, 0) is 13.2 Å². The SMILES string of the molecule is CC(C)=CCCC(C)=CCn1cc(COc2ccc(C)cc2)nn1. The Balaban J connectivity index is 1.80. The molecule has 4 nitrogen and oxygen atoms in total. The summed E-state index contributed by atoms with van der Waals surface area (Å²) in [6.07, 6.45) is 8.60. The molecule has 2 aromatic rings. The van der Waals surface area contributed by atoms with E-state index in [1.165, 1.54) is 16.7 Å². The standard InChI is InChI=1S/C20H27N3O/c1-16(2)6-5-7-17(3)12-13-23-14-19(21-22-23)15-24-20-10-8-18(4)9-11-20/h6,8-12,14H,5,7,13,15H2,1-4H3. The third-order valence-electron chi connectivity index (χ3n) is 3.71. The quantitative estimate of drug-likeness (QED) is 0.651. The van der Waals surface area contributed by atoms with Gasteiger partial charge in [-0.2, -0.15) is 0 Å². The van der Waals surface area contributed by atoms with E-state index < -0.39 is 0 Å². The van der Waals surface area contributed by atoms with Crippen molar-refractivity contribution in [2.45, 2.75) is 53.7 Å². The molecule has 0 bridgehead atoms. The van der Waals surface area contributed by atoms with E-state index in [0.29, 0.717) is 6.61 Å². The van der Waals surface area contributed by atoms with Crippen LogP contribution < -0.4 is 4.74 Å². The first-order valence-corrected chi connectivity index (χ1v) is 8.40. The van der Waals surface area contributed by atoms with Gasteiger partial charge in [-0.05, 0) is 52.7 Å². The fraction of sp³-hybridized carbons (Fsp3) is 0.400. The van der Waals surface area contributed by atoms with Gasteiger partial charge in [-0.15, -0.1) is 5.10 Å². The van der Waals surface area contributed by atoms with Gasteiger partial charge in [-0.1, -0.05) is 46.2 Å². The lowest BCUT2D eigenvalue weighted by Crippen LogP contribution is -1.97. The zero-order valence-corrected chi connectivity index (χ0v) is 15.1. The molecule has 0 spiro atoms. The van der Waals surface area contributed by atoms with E-state index in [1.54, 1.807) is 0 Å². The predicted molar refractivity (Wildman–Crippen MR) is 98.0 cm³/mol. The summed E-state index contributed by atoms with van der Waals surface area (Å²) in [7, 11) is 0. The third-order valence-corrected chi connectivity index (χ3v) is 3.71. The molecular formula is C20H27N3O. The van der Waals surface area contributed by atoms with Crippen LogP contribution in [0.25, 0.3) is 0 Å². The second-order valence-corrected chi connectivity index (χ2v) is 6.40. The monoisotopic (exact) mass is 325 g/mol. The topological polar surface area (TPSA) is 39.9 Å². The number of ether oxygens (including phenoxy) is 1. The van der Waals surface area contributed by atoms with Gasteiger partial charge < -0.3 is 4.74 Å². The molecule has 0 saturated carbocycles. The molecule has 1 heterocycles. The fourth-order valence-electron chi connectivity index (χ4n) is 2.23. The second kappa shape index (κ2) is 9.06. The number of aromatic nitrogens is 3. The summed E-state index contributed by atoms with van der Waals surface area (Å²) in [6, 6.07) is 8.01. The summed E-state index contributed by atoms with van der Waals surface area (Å²) in [4.78, 5) is 0. The maximum Gasteiger partial charge on any atom is 0.134 e. The molecule has 0 fully saturated rings. The first-order chi connectivity index (χ1) is 11.5. The van der Waals surface area contributed by atoms with Gasteiger partial charge in [-0.3, -0.25) is 0 Å². The maximum atomic E-state index is 5.72. The van der Waals surface area contributed by atoms with E-state index in [0.717, 1.165) is 30.8 Å². The van der Waals surface area contributed by atoms with E-state index >= 15 is 0 Å². The van der Waals surface area contributed by atoms with Crippen LogP contribution in [0.3, 0.4) is 0 Å². The Hall–Kier alpha value is -2.36. The highest BCUT2D eigenvalue weighted by molar-refractivity contribution is 5.26. The fourth-order valence-corrected chi connectivity index (χ4v) is 2.23. The van der Waals surface area contributed by atoms with Gasteiger partial charge in [0.1, 0.15) is 18.1 Å². The molecule has 0 atom stereocenters. The Morgan fingerprint density at radius 2 is 1.88 bits per heavy atom. The molecule has 1 aromatic carbocycles. The van der Waals surface area contributed by atoms with Crippen LogP contribution in [0.5, 0.6) is 5.75 Å². The molecule has 0 aliphatic rings. The maximum absolute atomic E-state index is 5.72. The molecular weight excluding hydrogens is 298 g/mol. The zero-order chi connectivity index (χ0) is 17.4. The molecule has 1 aromatic heterocycles. The Morgan fingerprint density at radius 3 is 2.58 bits per heavy atom. The lowest BCUT2D eigenvalue weighted by Gasteiger charge is -2.03. The summed E-state index contributed by atoms with van der Waals surface area (Å²) in [5.41, 5.74) is 4.81. The van der Waals surface area contributed by atoms with Crippen molar-refractivity contribution < 1.29 is 4.74 Å². The van der Waals surface area contributed by atoms with E-state index in [2.05, 4.69) is 50.2 Å². The molecule has 0 N–H and O–H groups in total. The number of hydrogen-bond acceptors (Lipinski definition) is 3. The lowest BCUT2D eigenvalue weighted by atomic mass is 10.1. The first-order valence-electron chi connectivity index (χ1n) is 8.40. The van der Waals surface area contributed by atoms with Crippen molar-refractivity contribution in [3.05, 3.63) is 65.0 Å². The third kappa shape index (κ3) is 6.41. The highest BCUT2D eigenvalue weighted by atomic mass is 16.5. The van der Waals surface area contributed by atoms with Crippen LogP contribution in [0.1, 0.15) is 44.9 Å². The van der Waals surface area contributed by atoms with Gasteiger partial charge in [0.2, 0.25) is 0 Å². The Labute approximate surface area is 144 Å². The second-order valence-electron chi connectivity index (χ2n) is 6.40. The minimum absolute atomic E-state index is 0.437. The minimum Gasteiger partial charge on any atom is -0.487 e. The number of allylic oxidation sites excluding steroid dienone is 4. The molecule has 0 saturated heterocycles. The highest BCUT2D eigenvalue weighted by Crippen LogP contribution is 2.13. The van der Waals surface area contributed by atoms with Crippen molar-refractivity contribution in [1.29, 1.82) is 0 Å². The molecule has 0 aliphatic carbocycles.